The lowest BCUT2D eigenvalue weighted by Gasteiger charge is -2.23. The van der Waals surface area contributed by atoms with E-state index in [1.54, 1.807) is 6.08 Å². The van der Waals surface area contributed by atoms with Crippen molar-refractivity contribution in [1.82, 2.24) is 0 Å². The van der Waals surface area contributed by atoms with E-state index >= 15 is 0 Å². The van der Waals surface area contributed by atoms with Gasteiger partial charge >= 0.3 is 0 Å². The molecular weight excluding hydrogens is 208 g/mol. The Hall–Kier alpha value is -0.560. The lowest BCUT2D eigenvalue weighted by Crippen LogP contribution is -2.25. The lowest BCUT2D eigenvalue weighted by atomic mass is 9.91. The molecule has 1 N–H and O–H groups in total. The van der Waals surface area contributed by atoms with E-state index < -0.39 is 5.60 Å². The monoisotopic (exact) mass is 238 g/mol. The van der Waals surface area contributed by atoms with Crippen LogP contribution in [0.4, 0.5) is 0 Å². The maximum Gasteiger partial charge on any atom is 0.0828 e. The van der Waals surface area contributed by atoms with E-state index in [-0.39, 0.29) is 0 Å². The zero-order valence-corrected chi connectivity index (χ0v) is 11.6. The van der Waals surface area contributed by atoms with Gasteiger partial charge in [0.15, 0.2) is 0 Å². The van der Waals surface area contributed by atoms with Crippen LogP contribution in [0, 0.1) is 0 Å². The van der Waals surface area contributed by atoms with Crippen molar-refractivity contribution >= 4 is 0 Å². The molecule has 0 aliphatic heterocycles. The number of hydrogen-bond donors (Lipinski definition) is 1. The highest BCUT2D eigenvalue weighted by molar-refractivity contribution is 4.96. The molecule has 0 fully saturated rings. The molecule has 0 spiro atoms. The fourth-order valence-corrected chi connectivity index (χ4v) is 2.07. The Morgan fingerprint density at radius 2 is 1.53 bits per heavy atom. The smallest absolute Gasteiger partial charge is 0.0828 e. The third kappa shape index (κ3) is 9.17. The van der Waals surface area contributed by atoms with Gasteiger partial charge in [-0.15, -0.1) is 13.2 Å². The zero-order valence-electron chi connectivity index (χ0n) is 11.6. The zero-order chi connectivity index (χ0) is 13.0. The molecule has 100 valence electrons. The summed E-state index contributed by atoms with van der Waals surface area (Å²) < 4.78 is 0. The van der Waals surface area contributed by atoms with E-state index in [1.165, 1.54) is 38.5 Å². The van der Waals surface area contributed by atoms with Gasteiger partial charge in [0.1, 0.15) is 0 Å². The van der Waals surface area contributed by atoms with Crippen molar-refractivity contribution < 1.29 is 5.11 Å². The Balaban J connectivity index is 3.55. The van der Waals surface area contributed by atoms with Crippen molar-refractivity contribution in [3.63, 3.8) is 0 Å². The molecule has 1 nitrogen and oxygen atoms in total. The summed E-state index contributed by atoms with van der Waals surface area (Å²) in [5.41, 5.74) is -0.669. The molecule has 0 aromatic heterocycles. The van der Waals surface area contributed by atoms with Gasteiger partial charge < -0.3 is 5.11 Å². The van der Waals surface area contributed by atoms with Crippen molar-refractivity contribution in [3.8, 4) is 0 Å². The molecule has 0 aromatic carbocycles. The Labute approximate surface area is 108 Å². The number of hydrogen-bond acceptors (Lipinski definition) is 1. The first-order valence-corrected chi connectivity index (χ1v) is 7.15. The van der Waals surface area contributed by atoms with Gasteiger partial charge in [0.25, 0.3) is 0 Å². The van der Waals surface area contributed by atoms with Crippen LogP contribution in [-0.2, 0) is 0 Å². The summed E-state index contributed by atoms with van der Waals surface area (Å²) in [5.74, 6) is 0. The Morgan fingerprint density at radius 3 is 2.06 bits per heavy atom. The second-order valence-corrected chi connectivity index (χ2v) is 5.01. The maximum atomic E-state index is 10.2. The molecule has 1 unspecified atom stereocenters. The molecule has 0 bridgehead atoms. The predicted octanol–water partition coefficient (Wildman–Crippen LogP) is 5.01. The van der Waals surface area contributed by atoms with Gasteiger partial charge in [0.05, 0.1) is 5.60 Å². The van der Waals surface area contributed by atoms with E-state index in [4.69, 9.17) is 0 Å². The second-order valence-electron chi connectivity index (χ2n) is 5.01. The highest BCUT2D eigenvalue weighted by Gasteiger charge is 2.20. The van der Waals surface area contributed by atoms with Crippen LogP contribution >= 0.6 is 0 Å². The SMILES string of the molecule is C=CCCC(O)(C=C)CCCCCCCCC. The van der Waals surface area contributed by atoms with E-state index in [1.807, 2.05) is 6.08 Å². The fraction of sp³-hybridized carbons (Fsp3) is 0.750. The highest BCUT2D eigenvalue weighted by atomic mass is 16.3. The minimum absolute atomic E-state index is 0.669. The molecule has 0 rings (SSSR count). The second kappa shape index (κ2) is 10.6. The predicted molar refractivity (Wildman–Crippen MR) is 77.2 cm³/mol. The molecule has 17 heavy (non-hydrogen) atoms. The first kappa shape index (κ1) is 16.4. The van der Waals surface area contributed by atoms with E-state index in [2.05, 4.69) is 20.1 Å². The lowest BCUT2D eigenvalue weighted by molar-refractivity contribution is 0.0706. The Bertz CT molecular complexity index is 198. The van der Waals surface area contributed by atoms with Crippen molar-refractivity contribution in [1.29, 1.82) is 0 Å². The number of allylic oxidation sites excluding steroid dienone is 1. The summed E-state index contributed by atoms with van der Waals surface area (Å²) in [5, 5.41) is 10.2. The summed E-state index contributed by atoms with van der Waals surface area (Å²) in [6.45, 7) is 9.67. The van der Waals surface area contributed by atoms with Gasteiger partial charge in [-0.1, -0.05) is 64.0 Å². The highest BCUT2D eigenvalue weighted by Crippen LogP contribution is 2.22. The third-order valence-electron chi connectivity index (χ3n) is 3.37. The van der Waals surface area contributed by atoms with Gasteiger partial charge in [-0.3, -0.25) is 0 Å². The van der Waals surface area contributed by atoms with Gasteiger partial charge in [-0.2, -0.15) is 0 Å². The van der Waals surface area contributed by atoms with Crippen LogP contribution < -0.4 is 0 Å². The van der Waals surface area contributed by atoms with Crippen LogP contribution in [0.2, 0.25) is 0 Å². The average molecular weight is 238 g/mol. The van der Waals surface area contributed by atoms with Gasteiger partial charge in [0, 0.05) is 0 Å². The van der Waals surface area contributed by atoms with Crippen LogP contribution in [0.5, 0.6) is 0 Å². The number of rotatable bonds is 12. The molecule has 1 atom stereocenters. The Morgan fingerprint density at radius 1 is 0.941 bits per heavy atom. The molecule has 0 saturated carbocycles. The minimum atomic E-state index is -0.669. The molecule has 0 heterocycles. The molecule has 1 heteroatoms. The number of unbranched alkanes of at least 4 members (excludes halogenated alkanes) is 6. The van der Waals surface area contributed by atoms with Crippen molar-refractivity contribution in [3.05, 3.63) is 25.3 Å². The van der Waals surface area contributed by atoms with Crippen LogP contribution in [0.1, 0.15) is 71.1 Å². The van der Waals surface area contributed by atoms with Gasteiger partial charge in [-0.25, -0.2) is 0 Å². The van der Waals surface area contributed by atoms with Crippen LogP contribution in [0.25, 0.3) is 0 Å². The normalized spacial score (nSPS) is 14.2. The largest absolute Gasteiger partial charge is 0.386 e. The summed E-state index contributed by atoms with van der Waals surface area (Å²) >= 11 is 0. The maximum absolute atomic E-state index is 10.2. The van der Waals surface area contributed by atoms with Gasteiger partial charge in [-0.05, 0) is 19.3 Å². The number of aliphatic hydroxyl groups is 1. The summed E-state index contributed by atoms with van der Waals surface area (Å²) in [7, 11) is 0. The fourth-order valence-electron chi connectivity index (χ4n) is 2.07. The molecule has 0 radical (unpaired) electrons. The molecule has 0 saturated heterocycles. The van der Waals surface area contributed by atoms with Crippen molar-refractivity contribution in [2.75, 3.05) is 0 Å². The summed E-state index contributed by atoms with van der Waals surface area (Å²) in [4.78, 5) is 0. The summed E-state index contributed by atoms with van der Waals surface area (Å²) in [6, 6.07) is 0. The minimum Gasteiger partial charge on any atom is -0.386 e. The molecular formula is C16H30O. The van der Waals surface area contributed by atoms with E-state index in [0.717, 1.165) is 25.7 Å². The average Bonchev–Trinajstić information content (AvgIpc) is 2.35. The van der Waals surface area contributed by atoms with Crippen molar-refractivity contribution in [2.45, 2.75) is 76.7 Å². The third-order valence-corrected chi connectivity index (χ3v) is 3.37. The molecule has 0 aliphatic rings. The van der Waals surface area contributed by atoms with E-state index in [0.29, 0.717) is 0 Å². The topological polar surface area (TPSA) is 20.2 Å². The van der Waals surface area contributed by atoms with Gasteiger partial charge in [0.2, 0.25) is 0 Å². The van der Waals surface area contributed by atoms with Crippen LogP contribution in [0.3, 0.4) is 0 Å². The van der Waals surface area contributed by atoms with E-state index in [9.17, 15) is 5.11 Å². The van der Waals surface area contributed by atoms with Crippen LogP contribution in [-0.4, -0.2) is 10.7 Å². The quantitative estimate of drug-likeness (QED) is 0.374. The Kier molecular flexibility index (Phi) is 10.2. The first-order chi connectivity index (χ1) is 8.18. The first-order valence-electron chi connectivity index (χ1n) is 7.15. The molecule has 0 aromatic rings. The van der Waals surface area contributed by atoms with Crippen molar-refractivity contribution in [2.24, 2.45) is 0 Å². The standard InChI is InChI=1S/C16H30O/c1-4-7-9-10-11-12-13-15-16(17,6-3)14-8-5-2/h5-6,17H,2-4,7-15H2,1H3. The van der Waals surface area contributed by atoms with Crippen LogP contribution in [0.15, 0.2) is 25.3 Å². The molecule has 0 amide bonds. The summed E-state index contributed by atoms with van der Waals surface area (Å²) in [6.07, 6.45) is 15.0. The molecule has 0 aliphatic carbocycles.